The van der Waals surface area contributed by atoms with Gasteiger partial charge in [-0.05, 0) is 116 Å². The quantitative estimate of drug-likeness (QED) is 0.0169. The van der Waals surface area contributed by atoms with Crippen molar-refractivity contribution in [3.05, 3.63) is 85.1 Å². The molecule has 19 heteroatoms. The number of phosphoric acid groups is 2. The van der Waals surface area contributed by atoms with Crippen molar-refractivity contribution in [1.29, 1.82) is 0 Å². The maximum Gasteiger partial charge on any atom is 0.472 e. The second-order valence-corrected chi connectivity index (χ2v) is 27.4. The molecule has 17 nitrogen and oxygen atoms in total. The third-order valence-corrected chi connectivity index (χ3v) is 17.2. The average molecular weight is 1370 g/mol. The van der Waals surface area contributed by atoms with Gasteiger partial charge in [0.15, 0.2) is 12.2 Å². The van der Waals surface area contributed by atoms with Crippen LogP contribution >= 0.6 is 15.6 Å². The summed E-state index contributed by atoms with van der Waals surface area (Å²) < 4.78 is 68.2. The van der Waals surface area contributed by atoms with Crippen LogP contribution in [0.1, 0.15) is 310 Å². The molecule has 0 saturated carbocycles. The first-order chi connectivity index (χ1) is 45.7. The number of carbonyl (C=O) groups is 4. The predicted molar refractivity (Wildman–Crippen MR) is 381 cm³/mol. The molecule has 0 aliphatic rings. The zero-order chi connectivity index (χ0) is 69.0. The van der Waals surface area contributed by atoms with Crippen LogP contribution in [0.25, 0.3) is 0 Å². The fourth-order valence-corrected chi connectivity index (χ4v) is 11.3. The lowest BCUT2D eigenvalue weighted by Crippen LogP contribution is -2.30. The van der Waals surface area contributed by atoms with Crippen LogP contribution in [0, 0.1) is 0 Å². The molecule has 0 spiro atoms. The Morgan fingerprint density at radius 1 is 0.309 bits per heavy atom. The van der Waals surface area contributed by atoms with Gasteiger partial charge in [-0.1, -0.05) is 254 Å². The van der Waals surface area contributed by atoms with Crippen LogP contribution in [0.5, 0.6) is 0 Å². The molecule has 0 aromatic carbocycles. The number of unbranched alkanes of at least 4 members (excludes halogenated alkanes) is 29. The molecule has 0 rings (SSSR count). The van der Waals surface area contributed by atoms with Crippen LogP contribution in [0.2, 0.25) is 0 Å². The summed E-state index contributed by atoms with van der Waals surface area (Å²) in [7, 11) is -9.94. The minimum atomic E-state index is -4.97. The van der Waals surface area contributed by atoms with E-state index in [1.807, 2.05) is 0 Å². The molecule has 0 saturated heterocycles. The van der Waals surface area contributed by atoms with Crippen LogP contribution in [0.4, 0.5) is 0 Å². The molecule has 3 N–H and O–H groups in total. The Kier molecular flexibility index (Phi) is 65.1. The molecule has 0 aromatic heterocycles. The highest BCUT2D eigenvalue weighted by Crippen LogP contribution is 2.45. The number of esters is 4. The average Bonchev–Trinajstić information content (AvgIpc) is 1.24. The number of aliphatic hydroxyl groups excluding tert-OH is 1. The monoisotopic (exact) mass is 1370 g/mol. The Labute approximate surface area is 570 Å². The van der Waals surface area contributed by atoms with E-state index in [9.17, 15) is 43.2 Å². The smallest absolute Gasteiger partial charge is 0.462 e. The van der Waals surface area contributed by atoms with E-state index in [-0.39, 0.29) is 25.7 Å². The molecule has 0 aliphatic carbocycles. The minimum absolute atomic E-state index is 0.0844. The van der Waals surface area contributed by atoms with Gasteiger partial charge in [-0.3, -0.25) is 37.3 Å². The lowest BCUT2D eigenvalue weighted by atomic mass is 10.1. The highest BCUT2D eigenvalue weighted by atomic mass is 31.2. The summed E-state index contributed by atoms with van der Waals surface area (Å²) in [5, 5.41) is 10.6. The van der Waals surface area contributed by atoms with Gasteiger partial charge in [0.1, 0.15) is 19.3 Å². The molecule has 0 radical (unpaired) electrons. The number of hydrogen-bond acceptors (Lipinski definition) is 15. The normalized spacial score (nSPS) is 14.5. The summed E-state index contributed by atoms with van der Waals surface area (Å²) in [4.78, 5) is 72.6. The highest BCUT2D eigenvalue weighted by molar-refractivity contribution is 7.47. The molecule has 0 aliphatic heterocycles. The van der Waals surface area contributed by atoms with Gasteiger partial charge in [0.05, 0.1) is 26.4 Å². The number of aliphatic hydroxyl groups is 1. The fraction of sp³-hybridized carbons (Fsp3) is 0.760. The maximum atomic E-state index is 13.0. The van der Waals surface area contributed by atoms with Gasteiger partial charge >= 0.3 is 39.5 Å². The van der Waals surface area contributed by atoms with Gasteiger partial charge in [0, 0.05) is 25.7 Å². The zero-order valence-corrected chi connectivity index (χ0v) is 60.9. The Balaban J connectivity index is 5.31. The van der Waals surface area contributed by atoms with Gasteiger partial charge in [-0.2, -0.15) is 0 Å². The summed E-state index contributed by atoms with van der Waals surface area (Å²) in [5.74, 6) is -2.22. The van der Waals surface area contributed by atoms with Gasteiger partial charge < -0.3 is 33.8 Å². The Morgan fingerprint density at radius 3 is 0.915 bits per heavy atom. The van der Waals surface area contributed by atoms with Crippen molar-refractivity contribution in [3.63, 3.8) is 0 Å². The summed E-state index contributed by atoms with van der Waals surface area (Å²) in [6.07, 6.45) is 67.4. The van der Waals surface area contributed by atoms with Crippen LogP contribution in [-0.2, 0) is 65.4 Å². The molecule has 0 heterocycles. The van der Waals surface area contributed by atoms with Gasteiger partial charge in [-0.25, -0.2) is 9.13 Å². The number of carbonyl (C=O) groups excluding carboxylic acids is 4. The lowest BCUT2D eigenvalue weighted by Gasteiger charge is -2.21. The van der Waals surface area contributed by atoms with E-state index in [4.69, 9.17) is 37.0 Å². The minimum Gasteiger partial charge on any atom is -0.462 e. The molecule has 0 fully saturated rings. The summed E-state index contributed by atoms with van der Waals surface area (Å²) >= 11 is 0. The second kappa shape index (κ2) is 67.8. The molecular formula is C75H132O17P2. The van der Waals surface area contributed by atoms with E-state index in [1.54, 1.807) is 0 Å². The Hall–Kier alpha value is -3.76. The lowest BCUT2D eigenvalue weighted by molar-refractivity contribution is -0.161. The topological polar surface area (TPSA) is 237 Å². The molecule has 0 aromatic rings. The molecular weight excluding hydrogens is 1230 g/mol. The predicted octanol–water partition coefficient (Wildman–Crippen LogP) is 20.7. The van der Waals surface area contributed by atoms with E-state index >= 15 is 0 Å². The van der Waals surface area contributed by atoms with Crippen molar-refractivity contribution < 1.29 is 80.2 Å². The van der Waals surface area contributed by atoms with Crippen LogP contribution < -0.4 is 0 Å². The van der Waals surface area contributed by atoms with Crippen molar-refractivity contribution in [2.75, 3.05) is 39.6 Å². The molecule has 5 atom stereocenters. The van der Waals surface area contributed by atoms with E-state index in [0.717, 1.165) is 154 Å². The van der Waals surface area contributed by atoms with Crippen molar-refractivity contribution in [1.82, 2.24) is 0 Å². The van der Waals surface area contributed by atoms with E-state index in [2.05, 4.69) is 113 Å². The number of hydrogen-bond donors (Lipinski definition) is 3. The first-order valence-corrected chi connectivity index (χ1v) is 39.8. The number of ether oxygens (including phenoxy) is 4. The van der Waals surface area contributed by atoms with Crippen molar-refractivity contribution in [2.45, 2.75) is 329 Å². The third-order valence-electron chi connectivity index (χ3n) is 15.3. The second-order valence-electron chi connectivity index (χ2n) is 24.5. The van der Waals surface area contributed by atoms with Crippen LogP contribution in [0.3, 0.4) is 0 Å². The van der Waals surface area contributed by atoms with Crippen molar-refractivity contribution in [2.24, 2.45) is 0 Å². The first kappa shape index (κ1) is 90.2. The highest BCUT2D eigenvalue weighted by Gasteiger charge is 2.30. The van der Waals surface area contributed by atoms with E-state index < -0.39 is 97.5 Å². The molecule has 94 heavy (non-hydrogen) atoms. The van der Waals surface area contributed by atoms with Gasteiger partial charge in [0.2, 0.25) is 0 Å². The van der Waals surface area contributed by atoms with Crippen molar-refractivity contribution in [3.8, 4) is 0 Å². The summed E-state index contributed by atoms with van der Waals surface area (Å²) in [5.41, 5.74) is 0. The summed E-state index contributed by atoms with van der Waals surface area (Å²) in [6.45, 7) is 4.65. The molecule has 0 amide bonds. The van der Waals surface area contributed by atoms with Crippen LogP contribution in [0.15, 0.2) is 85.1 Å². The summed E-state index contributed by atoms with van der Waals surface area (Å²) in [6, 6.07) is 0. The van der Waals surface area contributed by atoms with Crippen molar-refractivity contribution >= 4 is 39.5 Å². The zero-order valence-electron chi connectivity index (χ0n) is 59.1. The Morgan fingerprint density at radius 2 is 0.564 bits per heavy atom. The molecule has 0 bridgehead atoms. The number of allylic oxidation sites excluding steroid dienone is 14. The first-order valence-electron chi connectivity index (χ1n) is 36.8. The van der Waals surface area contributed by atoms with Gasteiger partial charge in [0.25, 0.3) is 0 Å². The van der Waals surface area contributed by atoms with Crippen LogP contribution in [-0.4, -0.2) is 96.7 Å². The standard InChI is InChI=1S/C75H132O17P2/c1-5-9-13-17-21-25-29-31-32-33-34-35-36-38-42-44-48-52-56-60-73(78)86-66-71(92-75(80)62-58-54-50-46-40-28-24-20-16-12-8-4)68-90-94(83,84)88-64-69(76)63-87-93(81,82)89-67-70(91-74(79)61-57-53-49-45-39-27-23-19-15-11-7-3)65-85-72(77)59-55-51-47-43-41-37-30-26-22-18-14-10-6-2/h9,13,19,21,23,25-26,30-32,34-35,38,42,69-71,76H,5-8,10-12,14-18,20,22,24,27-29,33,36-37,39-41,43-68H2,1-4H3,(H,81,82)(H,83,84)/b13-9-,23-19-,25-21-,30-26-,32-31-,35-34-,42-38-. The molecule has 5 unspecified atom stereocenters. The fourth-order valence-electron chi connectivity index (χ4n) is 9.69. The number of phosphoric ester groups is 2. The van der Waals surface area contributed by atoms with E-state index in [0.29, 0.717) is 25.7 Å². The van der Waals surface area contributed by atoms with E-state index in [1.165, 1.54) is 77.0 Å². The Bertz CT molecular complexity index is 2120. The molecule has 544 valence electrons. The maximum absolute atomic E-state index is 13.0. The SMILES string of the molecule is CC/C=C\C/C=C\C/C=C\C/C=C\C/C=C\CCCCCC(=O)OCC(COP(=O)(O)OCC(O)COP(=O)(O)OCC(COC(=O)CCCCCCC/C=C\CCCCCC)OC(=O)CCCCCCC/C=C\CCCC)OC(=O)CCCCCCCCCCCCC. The van der Waals surface area contributed by atoms with Gasteiger partial charge in [-0.15, -0.1) is 0 Å². The third kappa shape index (κ3) is 66.8. The largest absolute Gasteiger partial charge is 0.472 e. The number of rotatable bonds is 69.